The van der Waals surface area contributed by atoms with Crippen molar-refractivity contribution in [1.82, 2.24) is 0 Å². The number of rotatable bonds is 5. The van der Waals surface area contributed by atoms with E-state index >= 15 is 0 Å². The van der Waals surface area contributed by atoms with Crippen molar-refractivity contribution in [1.29, 1.82) is 0 Å². The van der Waals surface area contributed by atoms with Crippen molar-refractivity contribution in [3.63, 3.8) is 0 Å². The standard InChI is InChI=1S/C16H13BN2O9S2/c20-16-14(30(26,27)28)8-9-7-12(29(23,24)25)5-6-13(9)15(16)19-18-11-3-1-10(2-4-11)17(21)22/h1-8,20-22H,(H,23,24,25)(H,26,27,28). The summed E-state index contributed by atoms with van der Waals surface area (Å²) >= 11 is 0. The van der Waals surface area contributed by atoms with E-state index in [-0.39, 0.29) is 27.6 Å². The molecule has 0 bridgehead atoms. The Morgan fingerprint density at radius 2 is 1.43 bits per heavy atom. The molecule has 14 heteroatoms. The lowest BCUT2D eigenvalue weighted by atomic mass is 9.80. The second kappa shape index (κ2) is 7.75. The number of phenols is 1. The molecule has 0 saturated carbocycles. The van der Waals surface area contributed by atoms with E-state index in [2.05, 4.69) is 10.2 Å². The number of azo groups is 1. The largest absolute Gasteiger partial charge is 0.504 e. The summed E-state index contributed by atoms with van der Waals surface area (Å²) in [4.78, 5) is -1.47. The van der Waals surface area contributed by atoms with Gasteiger partial charge < -0.3 is 15.2 Å². The third-order valence-electron chi connectivity index (χ3n) is 4.05. The van der Waals surface area contributed by atoms with Gasteiger partial charge in [0.05, 0.1) is 10.6 Å². The highest BCUT2D eigenvalue weighted by Crippen LogP contribution is 2.41. The predicted molar refractivity (Wildman–Crippen MR) is 106 cm³/mol. The minimum Gasteiger partial charge on any atom is -0.504 e. The van der Waals surface area contributed by atoms with Crippen molar-refractivity contribution in [3.05, 3.63) is 48.5 Å². The van der Waals surface area contributed by atoms with Gasteiger partial charge in [-0.3, -0.25) is 9.11 Å². The molecule has 0 spiro atoms. The van der Waals surface area contributed by atoms with Gasteiger partial charge >= 0.3 is 7.12 Å². The fourth-order valence-electron chi connectivity index (χ4n) is 2.61. The van der Waals surface area contributed by atoms with Crippen molar-refractivity contribution >= 4 is 55.0 Å². The fourth-order valence-corrected chi connectivity index (χ4v) is 3.74. The van der Waals surface area contributed by atoms with Gasteiger partial charge in [0.25, 0.3) is 20.2 Å². The lowest BCUT2D eigenvalue weighted by Crippen LogP contribution is -2.29. The van der Waals surface area contributed by atoms with E-state index in [1.54, 1.807) is 0 Å². The first-order valence-corrected chi connectivity index (χ1v) is 10.9. The van der Waals surface area contributed by atoms with Gasteiger partial charge in [0.1, 0.15) is 10.6 Å². The summed E-state index contributed by atoms with van der Waals surface area (Å²) in [6, 6.07) is 9.40. The summed E-state index contributed by atoms with van der Waals surface area (Å²) < 4.78 is 64.5. The van der Waals surface area contributed by atoms with Crippen LogP contribution in [0.1, 0.15) is 0 Å². The Kier molecular flexibility index (Phi) is 5.64. The molecule has 156 valence electrons. The third-order valence-corrected chi connectivity index (χ3v) is 5.77. The Bertz CT molecular complexity index is 1370. The summed E-state index contributed by atoms with van der Waals surface area (Å²) in [5.74, 6) is -0.921. The number of nitrogens with zero attached hydrogens (tertiary/aromatic N) is 2. The predicted octanol–water partition coefficient (Wildman–Crippen LogP) is 1.13. The van der Waals surface area contributed by atoms with Crippen LogP contribution in [0.4, 0.5) is 11.4 Å². The van der Waals surface area contributed by atoms with Gasteiger partial charge in [0.2, 0.25) is 0 Å². The SMILES string of the molecule is O=S(=O)(O)c1ccc2c(N=Nc3ccc(B(O)O)cc3)c(O)c(S(=O)(=O)O)cc2c1. The van der Waals surface area contributed by atoms with E-state index in [0.717, 1.165) is 18.2 Å². The Morgan fingerprint density at radius 3 is 1.97 bits per heavy atom. The van der Waals surface area contributed by atoms with Gasteiger partial charge in [-0.1, -0.05) is 18.2 Å². The van der Waals surface area contributed by atoms with Gasteiger partial charge in [0, 0.05) is 5.39 Å². The molecule has 0 unspecified atom stereocenters. The molecule has 0 atom stereocenters. The summed E-state index contributed by atoms with van der Waals surface area (Å²) in [6.07, 6.45) is 0. The van der Waals surface area contributed by atoms with E-state index in [1.807, 2.05) is 0 Å². The van der Waals surface area contributed by atoms with Crippen LogP contribution >= 0.6 is 0 Å². The topological polar surface area (TPSA) is 194 Å². The van der Waals surface area contributed by atoms with Crippen LogP contribution in [0, 0.1) is 0 Å². The number of hydrogen-bond acceptors (Lipinski definition) is 9. The quantitative estimate of drug-likeness (QED) is 0.214. The zero-order valence-electron chi connectivity index (χ0n) is 14.8. The van der Waals surface area contributed by atoms with Crippen molar-refractivity contribution in [2.75, 3.05) is 0 Å². The number of aromatic hydroxyl groups is 1. The molecule has 0 aliphatic heterocycles. The Hall–Kier alpha value is -2.88. The minimum atomic E-state index is -4.91. The second-order valence-electron chi connectivity index (χ2n) is 6.07. The van der Waals surface area contributed by atoms with Crippen molar-refractivity contribution < 1.29 is 41.1 Å². The maximum absolute atomic E-state index is 11.6. The Morgan fingerprint density at radius 1 is 0.800 bits per heavy atom. The molecular formula is C16H13BN2O9S2. The highest BCUT2D eigenvalue weighted by molar-refractivity contribution is 7.86. The number of phenolic OH excluding ortho intramolecular Hbond substituents is 1. The van der Waals surface area contributed by atoms with Crippen LogP contribution in [0.25, 0.3) is 10.8 Å². The first kappa shape index (κ1) is 21.8. The summed E-state index contributed by atoms with van der Waals surface area (Å²) in [5, 5.41) is 36.2. The fraction of sp³-hybridized carbons (Fsp3) is 0. The minimum absolute atomic E-state index is 0.0664. The average molecular weight is 452 g/mol. The number of hydrogen-bond donors (Lipinski definition) is 5. The average Bonchev–Trinajstić information content (AvgIpc) is 2.65. The Balaban J connectivity index is 2.22. The number of benzene rings is 3. The van der Waals surface area contributed by atoms with Gasteiger partial charge in [-0.2, -0.15) is 21.9 Å². The van der Waals surface area contributed by atoms with Crippen molar-refractivity contribution in [2.45, 2.75) is 9.79 Å². The molecule has 0 aromatic heterocycles. The molecule has 3 aromatic rings. The second-order valence-corrected chi connectivity index (χ2v) is 8.88. The van der Waals surface area contributed by atoms with Gasteiger partial charge in [-0.15, -0.1) is 5.11 Å². The molecule has 11 nitrogen and oxygen atoms in total. The van der Waals surface area contributed by atoms with Crippen molar-refractivity contribution in [2.24, 2.45) is 10.2 Å². The van der Waals surface area contributed by atoms with Crippen LogP contribution in [0.2, 0.25) is 0 Å². The first-order valence-electron chi connectivity index (χ1n) is 8.00. The van der Waals surface area contributed by atoms with Gasteiger partial charge in [-0.05, 0) is 41.2 Å². The van der Waals surface area contributed by atoms with Crippen LogP contribution in [0.3, 0.4) is 0 Å². The molecule has 3 rings (SSSR count). The zero-order valence-corrected chi connectivity index (χ0v) is 16.4. The molecule has 0 radical (unpaired) electrons. The third kappa shape index (κ3) is 4.48. The summed E-state index contributed by atoms with van der Waals surface area (Å²) in [5.41, 5.74) is 0.0143. The highest BCUT2D eigenvalue weighted by Gasteiger charge is 2.23. The summed E-state index contributed by atoms with van der Waals surface area (Å²) in [7, 11) is -11.2. The molecule has 0 fully saturated rings. The molecule has 5 N–H and O–H groups in total. The van der Waals surface area contributed by atoms with Crippen molar-refractivity contribution in [3.8, 4) is 5.75 Å². The molecule has 0 saturated heterocycles. The lowest BCUT2D eigenvalue weighted by Gasteiger charge is -2.09. The Labute approximate surface area is 170 Å². The summed E-state index contributed by atoms with van der Waals surface area (Å²) in [6.45, 7) is 0. The van der Waals surface area contributed by atoms with E-state index < -0.39 is 42.9 Å². The van der Waals surface area contributed by atoms with Crippen LogP contribution < -0.4 is 5.46 Å². The lowest BCUT2D eigenvalue weighted by molar-refractivity contribution is 0.425. The van der Waals surface area contributed by atoms with E-state index in [4.69, 9.17) is 10.0 Å². The molecule has 0 amide bonds. The molecule has 0 aliphatic carbocycles. The van der Waals surface area contributed by atoms with E-state index in [0.29, 0.717) is 0 Å². The molecule has 30 heavy (non-hydrogen) atoms. The monoisotopic (exact) mass is 452 g/mol. The maximum atomic E-state index is 11.6. The molecule has 0 aliphatic rings. The maximum Gasteiger partial charge on any atom is 0.488 e. The molecule has 3 aromatic carbocycles. The highest BCUT2D eigenvalue weighted by atomic mass is 32.2. The normalized spacial score (nSPS) is 12.5. The van der Waals surface area contributed by atoms with Crippen LogP contribution in [-0.4, -0.2) is 48.2 Å². The van der Waals surface area contributed by atoms with Crippen LogP contribution in [0.5, 0.6) is 5.75 Å². The van der Waals surface area contributed by atoms with Gasteiger partial charge in [-0.25, -0.2) is 0 Å². The van der Waals surface area contributed by atoms with Gasteiger partial charge in [0.15, 0.2) is 5.75 Å². The smallest absolute Gasteiger partial charge is 0.488 e. The first-order chi connectivity index (χ1) is 13.9. The zero-order chi connectivity index (χ0) is 22.3. The molecule has 0 heterocycles. The van der Waals surface area contributed by atoms with Crippen LogP contribution in [-0.2, 0) is 20.2 Å². The van der Waals surface area contributed by atoms with E-state index in [1.165, 1.54) is 30.3 Å². The van der Waals surface area contributed by atoms with E-state index in [9.17, 15) is 31.0 Å². The number of fused-ring (bicyclic) bond motifs is 1. The van der Waals surface area contributed by atoms with Crippen LogP contribution in [0.15, 0.2) is 68.6 Å². The molecular weight excluding hydrogens is 439 g/mol.